The van der Waals surface area contributed by atoms with Crippen molar-refractivity contribution in [3.05, 3.63) is 34.1 Å². The van der Waals surface area contributed by atoms with E-state index in [1.54, 1.807) is 0 Å². The van der Waals surface area contributed by atoms with E-state index in [1.165, 1.54) is 5.56 Å². The lowest BCUT2D eigenvalue weighted by molar-refractivity contribution is 0.591. The first-order valence-electron chi connectivity index (χ1n) is 6.31. The Bertz CT molecular complexity index is 761. The van der Waals surface area contributed by atoms with E-state index in [9.17, 15) is 0 Å². The molecule has 0 spiro atoms. The van der Waals surface area contributed by atoms with Gasteiger partial charge in [0.15, 0.2) is 0 Å². The van der Waals surface area contributed by atoms with Crippen molar-refractivity contribution in [3.63, 3.8) is 0 Å². The van der Waals surface area contributed by atoms with Crippen LogP contribution in [-0.4, -0.2) is 14.4 Å². The molecule has 0 atom stereocenters. The number of imidazole rings is 2. The summed E-state index contributed by atoms with van der Waals surface area (Å²) in [6, 6.07) is 6.44. The quantitative estimate of drug-likeness (QED) is 0.722. The van der Waals surface area contributed by atoms with Gasteiger partial charge in [0.2, 0.25) is 5.78 Å². The molecule has 19 heavy (non-hydrogen) atoms. The molecule has 0 bridgehead atoms. The summed E-state index contributed by atoms with van der Waals surface area (Å²) in [7, 11) is 0. The van der Waals surface area contributed by atoms with Crippen molar-refractivity contribution in [2.24, 2.45) is 5.73 Å². The number of H-pyrrole nitrogens is 1. The first-order valence-corrected chi connectivity index (χ1v) is 7.10. The molecule has 3 N–H and O–H groups in total. The molecule has 0 amide bonds. The highest BCUT2D eigenvalue weighted by atomic mass is 79.9. The van der Waals surface area contributed by atoms with Crippen molar-refractivity contribution in [1.82, 2.24) is 14.4 Å². The van der Waals surface area contributed by atoms with Crippen LogP contribution in [0.1, 0.15) is 32.0 Å². The first-order chi connectivity index (χ1) is 8.91. The maximum Gasteiger partial charge on any atom is 0.213 e. The van der Waals surface area contributed by atoms with Gasteiger partial charge in [-0.05, 0) is 39.0 Å². The maximum absolute atomic E-state index is 5.70. The topological polar surface area (TPSA) is 59.1 Å². The molecule has 0 unspecified atom stereocenters. The second-order valence-corrected chi connectivity index (χ2v) is 6.57. The summed E-state index contributed by atoms with van der Waals surface area (Å²) in [4.78, 5) is 7.88. The fourth-order valence-corrected chi connectivity index (χ4v) is 2.91. The Kier molecular flexibility index (Phi) is 2.73. The Hall–Kier alpha value is -1.33. The molecule has 3 rings (SSSR count). The molecule has 0 saturated heterocycles. The summed E-state index contributed by atoms with van der Waals surface area (Å²) < 4.78 is 3.01. The van der Waals surface area contributed by atoms with Gasteiger partial charge in [0, 0.05) is 6.54 Å². The zero-order chi connectivity index (χ0) is 13.8. The van der Waals surface area contributed by atoms with Gasteiger partial charge in [-0.25, -0.2) is 4.98 Å². The normalized spacial score (nSPS) is 12.7. The van der Waals surface area contributed by atoms with Crippen molar-refractivity contribution in [2.45, 2.75) is 32.7 Å². The number of hydrogen-bond acceptors (Lipinski definition) is 2. The zero-order valence-electron chi connectivity index (χ0n) is 11.3. The van der Waals surface area contributed by atoms with Gasteiger partial charge in [-0.3, -0.25) is 4.40 Å². The standard InChI is InChI=1S/C14H17BrN4/c1-14(2,3)8-4-5-11-9(6-8)17-13-18-10(7-16)12(15)19(11)13/h4-6H,7,16H2,1-3H3,(H,17,18). The fourth-order valence-electron chi connectivity index (χ4n) is 2.29. The Morgan fingerprint density at radius 2 is 2.11 bits per heavy atom. The smallest absolute Gasteiger partial charge is 0.213 e. The molecule has 5 heteroatoms. The van der Waals surface area contributed by atoms with Gasteiger partial charge in [-0.15, -0.1) is 0 Å². The summed E-state index contributed by atoms with van der Waals surface area (Å²) in [6.45, 7) is 7.08. The summed E-state index contributed by atoms with van der Waals surface area (Å²) in [5.74, 6) is 0.827. The third-order valence-corrected chi connectivity index (χ3v) is 4.27. The average Bonchev–Trinajstić information content (AvgIpc) is 2.84. The molecule has 0 saturated carbocycles. The minimum atomic E-state index is 0.130. The van der Waals surface area contributed by atoms with E-state index in [0.29, 0.717) is 6.54 Å². The maximum atomic E-state index is 5.70. The van der Waals surface area contributed by atoms with Crippen LogP contribution >= 0.6 is 15.9 Å². The molecule has 0 aliphatic heterocycles. The molecule has 1 aromatic carbocycles. The van der Waals surface area contributed by atoms with Crippen LogP contribution in [0.2, 0.25) is 0 Å². The number of nitrogens with two attached hydrogens (primary N) is 1. The van der Waals surface area contributed by atoms with Crippen LogP contribution in [0.5, 0.6) is 0 Å². The molecule has 0 aliphatic carbocycles. The number of aromatic amines is 1. The lowest BCUT2D eigenvalue weighted by Gasteiger charge is -2.18. The SMILES string of the molecule is CC(C)(C)c1ccc2c(c1)nc1[nH]c(CN)c(Br)n12. The van der Waals surface area contributed by atoms with Crippen LogP contribution in [0.4, 0.5) is 0 Å². The Labute approximate surface area is 120 Å². The van der Waals surface area contributed by atoms with Gasteiger partial charge < -0.3 is 10.7 Å². The summed E-state index contributed by atoms with van der Waals surface area (Å²) in [6.07, 6.45) is 0. The molecule has 4 nitrogen and oxygen atoms in total. The lowest BCUT2D eigenvalue weighted by atomic mass is 9.87. The van der Waals surface area contributed by atoms with E-state index in [1.807, 2.05) is 0 Å². The number of hydrogen-bond donors (Lipinski definition) is 2. The minimum Gasteiger partial charge on any atom is -0.325 e. The van der Waals surface area contributed by atoms with E-state index < -0.39 is 0 Å². The summed E-state index contributed by atoms with van der Waals surface area (Å²) in [5, 5.41) is 0. The van der Waals surface area contributed by atoms with Gasteiger partial charge in [-0.1, -0.05) is 26.8 Å². The molecule has 0 fully saturated rings. The van der Waals surface area contributed by atoms with Gasteiger partial charge in [-0.2, -0.15) is 0 Å². The number of halogens is 1. The van der Waals surface area contributed by atoms with Crippen molar-refractivity contribution in [2.75, 3.05) is 0 Å². The van der Waals surface area contributed by atoms with Crippen LogP contribution in [0.3, 0.4) is 0 Å². The molecule has 2 aromatic heterocycles. The monoisotopic (exact) mass is 320 g/mol. The van der Waals surface area contributed by atoms with Crippen LogP contribution < -0.4 is 5.73 Å². The third kappa shape index (κ3) is 1.88. The second-order valence-electron chi connectivity index (χ2n) is 5.82. The molecule has 3 aromatic rings. The Morgan fingerprint density at radius 1 is 1.37 bits per heavy atom. The molecular weight excluding hydrogens is 304 g/mol. The second kappa shape index (κ2) is 4.08. The van der Waals surface area contributed by atoms with Crippen molar-refractivity contribution in [1.29, 1.82) is 0 Å². The molecule has 100 valence electrons. The van der Waals surface area contributed by atoms with Gasteiger partial charge in [0.25, 0.3) is 0 Å². The third-order valence-electron chi connectivity index (χ3n) is 3.43. The van der Waals surface area contributed by atoms with Crippen molar-refractivity contribution >= 4 is 32.7 Å². The predicted molar refractivity (Wildman–Crippen MR) is 81.3 cm³/mol. The van der Waals surface area contributed by atoms with E-state index in [-0.39, 0.29) is 5.41 Å². The highest BCUT2D eigenvalue weighted by Crippen LogP contribution is 2.29. The van der Waals surface area contributed by atoms with Crippen molar-refractivity contribution in [3.8, 4) is 0 Å². The number of rotatable bonds is 1. The highest BCUT2D eigenvalue weighted by Gasteiger charge is 2.17. The number of aromatic nitrogens is 3. The molecule has 0 aliphatic rings. The Balaban J connectivity index is 2.31. The van der Waals surface area contributed by atoms with E-state index in [4.69, 9.17) is 5.73 Å². The summed E-state index contributed by atoms with van der Waals surface area (Å²) in [5.41, 5.74) is 10.2. The minimum absolute atomic E-state index is 0.130. The van der Waals surface area contributed by atoms with E-state index >= 15 is 0 Å². The van der Waals surface area contributed by atoms with Crippen LogP contribution in [0, 0.1) is 0 Å². The summed E-state index contributed by atoms with van der Waals surface area (Å²) >= 11 is 3.58. The van der Waals surface area contributed by atoms with Crippen LogP contribution in [-0.2, 0) is 12.0 Å². The number of benzene rings is 1. The number of fused-ring (bicyclic) bond motifs is 3. The lowest BCUT2D eigenvalue weighted by Crippen LogP contribution is -2.10. The van der Waals surface area contributed by atoms with E-state index in [2.05, 4.69) is 69.3 Å². The average molecular weight is 321 g/mol. The predicted octanol–water partition coefficient (Wildman–Crippen LogP) is 3.33. The highest BCUT2D eigenvalue weighted by molar-refractivity contribution is 9.10. The number of nitrogens with zero attached hydrogens (tertiary/aromatic N) is 2. The largest absolute Gasteiger partial charge is 0.325 e. The van der Waals surface area contributed by atoms with Crippen molar-refractivity contribution < 1.29 is 0 Å². The molecule has 0 radical (unpaired) electrons. The van der Waals surface area contributed by atoms with Gasteiger partial charge >= 0.3 is 0 Å². The number of nitrogens with one attached hydrogen (secondary N) is 1. The Morgan fingerprint density at radius 3 is 2.74 bits per heavy atom. The van der Waals surface area contributed by atoms with Gasteiger partial charge in [0.05, 0.1) is 16.7 Å². The van der Waals surface area contributed by atoms with Gasteiger partial charge in [0.1, 0.15) is 4.60 Å². The molecule has 2 heterocycles. The van der Waals surface area contributed by atoms with Crippen LogP contribution in [0.15, 0.2) is 22.8 Å². The van der Waals surface area contributed by atoms with Crippen LogP contribution in [0.25, 0.3) is 16.8 Å². The first kappa shape index (κ1) is 12.7. The zero-order valence-corrected chi connectivity index (χ0v) is 12.9. The van der Waals surface area contributed by atoms with E-state index in [0.717, 1.165) is 27.1 Å². The molecular formula is C14H17BrN4. The fraction of sp³-hybridized carbons (Fsp3) is 0.357.